The van der Waals surface area contributed by atoms with Crippen molar-refractivity contribution in [1.29, 1.82) is 0 Å². The summed E-state index contributed by atoms with van der Waals surface area (Å²) in [7, 11) is 0. The standard InChI is InChI=1S/C18H14O.Li.H/c19-18-16(14-8-3-1-4-9-14)12-7-13-17(18)15-10-5-2-6-11-15;;/h1-13,19H;;. The van der Waals surface area contributed by atoms with Crippen LogP contribution in [-0.4, -0.2) is 24.0 Å². The fourth-order valence-corrected chi connectivity index (χ4v) is 2.24. The van der Waals surface area contributed by atoms with Gasteiger partial charge in [0.2, 0.25) is 0 Å². The Balaban J connectivity index is 0.00000147. The van der Waals surface area contributed by atoms with Crippen LogP contribution in [0.3, 0.4) is 0 Å². The third kappa shape index (κ3) is 2.80. The molecule has 1 N–H and O–H groups in total. The molecule has 3 rings (SSSR count). The second-order valence-corrected chi connectivity index (χ2v) is 4.43. The first-order chi connectivity index (χ1) is 9.36. The van der Waals surface area contributed by atoms with E-state index in [2.05, 4.69) is 0 Å². The summed E-state index contributed by atoms with van der Waals surface area (Å²) >= 11 is 0. The molecular weight excluding hydrogens is 239 g/mol. The average molecular weight is 254 g/mol. The van der Waals surface area contributed by atoms with Gasteiger partial charge in [-0.1, -0.05) is 78.9 Å². The summed E-state index contributed by atoms with van der Waals surface area (Å²) in [5.41, 5.74) is 3.78. The Morgan fingerprint density at radius 3 is 1.30 bits per heavy atom. The van der Waals surface area contributed by atoms with Crippen LogP contribution in [0.1, 0.15) is 0 Å². The molecule has 0 aliphatic rings. The van der Waals surface area contributed by atoms with E-state index >= 15 is 0 Å². The van der Waals surface area contributed by atoms with Crippen LogP contribution in [0.5, 0.6) is 5.75 Å². The Morgan fingerprint density at radius 1 is 0.500 bits per heavy atom. The number of phenols is 1. The Labute approximate surface area is 131 Å². The van der Waals surface area contributed by atoms with Gasteiger partial charge in [0.05, 0.1) is 0 Å². The van der Waals surface area contributed by atoms with Crippen molar-refractivity contribution < 1.29 is 5.11 Å². The third-order valence-corrected chi connectivity index (χ3v) is 3.21. The number of para-hydroxylation sites is 1. The summed E-state index contributed by atoms with van der Waals surface area (Å²) in [5.74, 6) is 0.333. The number of rotatable bonds is 2. The summed E-state index contributed by atoms with van der Waals surface area (Å²) in [6.45, 7) is 0. The van der Waals surface area contributed by atoms with Crippen LogP contribution in [-0.2, 0) is 0 Å². The maximum atomic E-state index is 10.5. The molecule has 2 heteroatoms. The zero-order chi connectivity index (χ0) is 13.1. The predicted octanol–water partition coefficient (Wildman–Crippen LogP) is 4.08. The first kappa shape index (κ1) is 14.5. The van der Waals surface area contributed by atoms with Gasteiger partial charge >= 0.3 is 18.9 Å². The van der Waals surface area contributed by atoms with E-state index in [9.17, 15) is 5.11 Å². The van der Waals surface area contributed by atoms with Crippen molar-refractivity contribution in [3.8, 4) is 28.0 Å². The van der Waals surface area contributed by atoms with Crippen molar-refractivity contribution in [3.63, 3.8) is 0 Å². The monoisotopic (exact) mass is 254 g/mol. The Kier molecular flexibility index (Phi) is 4.69. The van der Waals surface area contributed by atoms with Crippen molar-refractivity contribution in [2.24, 2.45) is 0 Å². The van der Waals surface area contributed by atoms with Crippen LogP contribution in [0.2, 0.25) is 0 Å². The zero-order valence-electron chi connectivity index (χ0n) is 10.5. The number of benzene rings is 3. The Bertz CT molecular complexity index is 621. The minimum absolute atomic E-state index is 0. The van der Waals surface area contributed by atoms with E-state index in [4.69, 9.17) is 0 Å². The molecule has 20 heavy (non-hydrogen) atoms. The van der Waals surface area contributed by atoms with Crippen LogP contribution in [0.4, 0.5) is 0 Å². The maximum absolute atomic E-state index is 10.5. The van der Waals surface area contributed by atoms with Gasteiger partial charge in [0.25, 0.3) is 0 Å². The van der Waals surface area contributed by atoms with Crippen LogP contribution < -0.4 is 0 Å². The Morgan fingerprint density at radius 2 is 0.900 bits per heavy atom. The normalized spacial score (nSPS) is 9.80. The van der Waals surface area contributed by atoms with Crippen LogP contribution in [0.25, 0.3) is 22.3 Å². The fraction of sp³-hybridized carbons (Fsp3) is 0. The van der Waals surface area contributed by atoms with E-state index in [1.807, 2.05) is 78.9 Å². The van der Waals surface area contributed by atoms with Gasteiger partial charge in [-0.15, -0.1) is 0 Å². The quantitative estimate of drug-likeness (QED) is 0.683. The molecule has 0 saturated heterocycles. The molecule has 3 aromatic rings. The molecule has 0 atom stereocenters. The predicted molar refractivity (Wildman–Crippen MR) is 86.1 cm³/mol. The zero-order valence-corrected chi connectivity index (χ0v) is 10.5. The van der Waals surface area contributed by atoms with Crippen molar-refractivity contribution in [2.45, 2.75) is 0 Å². The van der Waals surface area contributed by atoms with Crippen molar-refractivity contribution >= 4 is 18.9 Å². The average Bonchev–Trinajstić information content (AvgIpc) is 2.49. The first-order valence-electron chi connectivity index (χ1n) is 6.29. The van der Waals surface area contributed by atoms with Crippen LogP contribution in [0.15, 0.2) is 78.9 Å². The van der Waals surface area contributed by atoms with Crippen LogP contribution >= 0.6 is 0 Å². The molecule has 1 nitrogen and oxygen atoms in total. The molecule has 0 saturated carbocycles. The molecule has 0 unspecified atom stereocenters. The first-order valence-corrected chi connectivity index (χ1v) is 6.29. The topological polar surface area (TPSA) is 20.2 Å². The van der Waals surface area contributed by atoms with E-state index in [1.54, 1.807) is 0 Å². The molecule has 0 aliphatic carbocycles. The van der Waals surface area contributed by atoms with E-state index in [-0.39, 0.29) is 18.9 Å². The third-order valence-electron chi connectivity index (χ3n) is 3.21. The van der Waals surface area contributed by atoms with E-state index < -0.39 is 0 Å². The summed E-state index contributed by atoms with van der Waals surface area (Å²) in [5, 5.41) is 10.5. The molecule has 0 spiro atoms. The number of phenolic OH excluding ortho intramolecular Hbond substituents is 1. The van der Waals surface area contributed by atoms with Gasteiger partial charge in [0.1, 0.15) is 5.75 Å². The number of hydrogen-bond donors (Lipinski definition) is 1. The SMILES string of the molecule is Oc1c(-c2ccccc2)cccc1-c1ccccc1.[LiH]. The molecular formula is C18H15LiO. The van der Waals surface area contributed by atoms with E-state index in [0.717, 1.165) is 22.3 Å². The number of hydrogen-bond acceptors (Lipinski definition) is 1. The molecule has 94 valence electrons. The number of aromatic hydroxyl groups is 1. The molecule has 0 heterocycles. The molecule has 3 aromatic carbocycles. The second-order valence-electron chi connectivity index (χ2n) is 4.43. The van der Waals surface area contributed by atoms with Gasteiger partial charge in [-0.2, -0.15) is 0 Å². The minimum atomic E-state index is 0. The van der Waals surface area contributed by atoms with E-state index in [1.165, 1.54) is 0 Å². The summed E-state index contributed by atoms with van der Waals surface area (Å²) in [6, 6.07) is 25.7. The van der Waals surface area contributed by atoms with Gasteiger partial charge in [-0.3, -0.25) is 0 Å². The van der Waals surface area contributed by atoms with Crippen molar-refractivity contribution in [1.82, 2.24) is 0 Å². The molecule has 0 amide bonds. The molecule has 0 radical (unpaired) electrons. The summed E-state index contributed by atoms with van der Waals surface area (Å²) < 4.78 is 0. The molecule has 0 aromatic heterocycles. The van der Waals surface area contributed by atoms with Gasteiger partial charge in [-0.25, -0.2) is 0 Å². The fourth-order valence-electron chi connectivity index (χ4n) is 2.24. The van der Waals surface area contributed by atoms with Crippen molar-refractivity contribution in [2.75, 3.05) is 0 Å². The molecule has 0 aliphatic heterocycles. The summed E-state index contributed by atoms with van der Waals surface area (Å²) in [6.07, 6.45) is 0. The van der Waals surface area contributed by atoms with Crippen LogP contribution in [0, 0.1) is 0 Å². The molecule has 0 fully saturated rings. The van der Waals surface area contributed by atoms with Gasteiger partial charge in [0, 0.05) is 11.1 Å². The second kappa shape index (κ2) is 6.48. The van der Waals surface area contributed by atoms with Crippen molar-refractivity contribution in [3.05, 3.63) is 78.9 Å². The molecule has 0 bridgehead atoms. The summed E-state index contributed by atoms with van der Waals surface area (Å²) in [4.78, 5) is 0. The van der Waals surface area contributed by atoms with Gasteiger partial charge < -0.3 is 5.11 Å². The Hall–Kier alpha value is -1.94. The van der Waals surface area contributed by atoms with Gasteiger partial charge in [0.15, 0.2) is 0 Å². The van der Waals surface area contributed by atoms with E-state index in [0.29, 0.717) is 5.75 Å². The van der Waals surface area contributed by atoms with Gasteiger partial charge in [-0.05, 0) is 11.1 Å².